The zero-order chi connectivity index (χ0) is 19.2. The smallest absolute Gasteiger partial charge is 0.236 e. The van der Waals surface area contributed by atoms with Gasteiger partial charge in [-0.2, -0.15) is 0 Å². The van der Waals surface area contributed by atoms with Gasteiger partial charge in [-0.15, -0.1) is 0 Å². The molecule has 2 amide bonds. The van der Waals surface area contributed by atoms with Gasteiger partial charge in [-0.3, -0.25) is 14.5 Å². The van der Waals surface area contributed by atoms with Crippen molar-refractivity contribution in [1.82, 2.24) is 14.7 Å². The van der Waals surface area contributed by atoms with Crippen molar-refractivity contribution >= 4 is 17.5 Å². The standard InChI is InChI=1S/C21H32N4O2/c1-23(19-5-3-2-4-6-19)21(27)16-24-11-13-25(14-12-24)20(26)15-17-7-9-18(22)10-8-17/h7-10,19H,2-6,11-16,22H2,1H3. The van der Waals surface area contributed by atoms with Crippen LogP contribution in [-0.4, -0.2) is 72.3 Å². The van der Waals surface area contributed by atoms with Crippen LogP contribution < -0.4 is 5.73 Å². The van der Waals surface area contributed by atoms with Gasteiger partial charge >= 0.3 is 0 Å². The Labute approximate surface area is 162 Å². The number of hydrogen-bond acceptors (Lipinski definition) is 4. The molecule has 2 aliphatic rings. The highest BCUT2D eigenvalue weighted by atomic mass is 16.2. The average Bonchev–Trinajstić information content (AvgIpc) is 2.70. The molecule has 1 heterocycles. The van der Waals surface area contributed by atoms with Gasteiger partial charge in [0.1, 0.15) is 0 Å². The molecule has 27 heavy (non-hydrogen) atoms. The highest BCUT2D eigenvalue weighted by molar-refractivity contribution is 5.79. The summed E-state index contributed by atoms with van der Waals surface area (Å²) in [6, 6.07) is 7.88. The number of nitrogen functional groups attached to an aromatic ring is 1. The lowest BCUT2D eigenvalue weighted by Gasteiger charge is -2.37. The molecule has 6 heteroatoms. The monoisotopic (exact) mass is 372 g/mol. The summed E-state index contributed by atoms with van der Waals surface area (Å²) in [5.41, 5.74) is 7.39. The molecule has 1 aliphatic heterocycles. The van der Waals surface area contributed by atoms with Crippen molar-refractivity contribution in [2.24, 2.45) is 0 Å². The van der Waals surface area contributed by atoms with Crippen molar-refractivity contribution in [3.8, 4) is 0 Å². The molecule has 0 radical (unpaired) electrons. The van der Waals surface area contributed by atoms with Gasteiger partial charge in [0.25, 0.3) is 0 Å². The fourth-order valence-corrected chi connectivity index (χ4v) is 4.05. The molecule has 1 aromatic carbocycles. The first-order valence-electron chi connectivity index (χ1n) is 10.1. The van der Waals surface area contributed by atoms with Crippen LogP contribution >= 0.6 is 0 Å². The largest absolute Gasteiger partial charge is 0.399 e. The first-order chi connectivity index (χ1) is 13.0. The number of anilines is 1. The average molecular weight is 373 g/mol. The van der Waals surface area contributed by atoms with Crippen LogP contribution in [0, 0.1) is 0 Å². The van der Waals surface area contributed by atoms with Gasteiger partial charge in [-0.1, -0.05) is 31.4 Å². The second kappa shape index (κ2) is 9.22. The molecule has 0 spiro atoms. The number of carbonyl (C=O) groups excluding carboxylic acids is 2. The van der Waals surface area contributed by atoms with Crippen molar-refractivity contribution in [3.05, 3.63) is 29.8 Å². The Hall–Kier alpha value is -2.08. The molecule has 1 aromatic rings. The minimum atomic E-state index is 0.144. The molecule has 1 saturated carbocycles. The van der Waals surface area contributed by atoms with Crippen molar-refractivity contribution in [2.45, 2.75) is 44.6 Å². The van der Waals surface area contributed by atoms with Gasteiger partial charge in [0, 0.05) is 45.0 Å². The number of rotatable bonds is 5. The van der Waals surface area contributed by atoms with E-state index >= 15 is 0 Å². The van der Waals surface area contributed by atoms with Crippen molar-refractivity contribution < 1.29 is 9.59 Å². The molecule has 6 nitrogen and oxygen atoms in total. The molecule has 0 unspecified atom stereocenters. The number of nitrogens with zero attached hydrogens (tertiary/aromatic N) is 3. The van der Waals surface area contributed by atoms with Gasteiger partial charge in [0.2, 0.25) is 11.8 Å². The number of nitrogens with two attached hydrogens (primary N) is 1. The third kappa shape index (κ3) is 5.45. The summed E-state index contributed by atoms with van der Waals surface area (Å²) in [6.07, 6.45) is 6.44. The van der Waals surface area contributed by atoms with Gasteiger partial charge in [0.05, 0.1) is 13.0 Å². The topological polar surface area (TPSA) is 69.9 Å². The van der Waals surface area contributed by atoms with E-state index in [9.17, 15) is 9.59 Å². The summed E-state index contributed by atoms with van der Waals surface area (Å²) in [5.74, 6) is 0.355. The van der Waals surface area contributed by atoms with Crippen LogP contribution in [-0.2, 0) is 16.0 Å². The Kier molecular flexibility index (Phi) is 6.72. The molecule has 0 aromatic heterocycles. The van der Waals surface area contributed by atoms with Crippen LogP contribution in [0.4, 0.5) is 5.69 Å². The Bertz CT molecular complexity index is 632. The molecular weight excluding hydrogens is 340 g/mol. The predicted octanol–water partition coefficient (Wildman–Crippen LogP) is 1.75. The Morgan fingerprint density at radius 1 is 1.04 bits per heavy atom. The van der Waals surface area contributed by atoms with E-state index in [4.69, 9.17) is 5.73 Å². The first-order valence-corrected chi connectivity index (χ1v) is 10.1. The summed E-state index contributed by atoms with van der Waals surface area (Å²) in [7, 11) is 1.95. The summed E-state index contributed by atoms with van der Waals surface area (Å²) >= 11 is 0. The molecule has 2 N–H and O–H groups in total. The maximum absolute atomic E-state index is 12.6. The molecule has 3 rings (SSSR count). The van der Waals surface area contributed by atoms with Crippen LogP contribution in [0.15, 0.2) is 24.3 Å². The van der Waals surface area contributed by atoms with Crippen molar-refractivity contribution in [2.75, 3.05) is 45.5 Å². The quantitative estimate of drug-likeness (QED) is 0.800. The van der Waals surface area contributed by atoms with E-state index in [2.05, 4.69) is 4.90 Å². The summed E-state index contributed by atoms with van der Waals surface area (Å²) in [4.78, 5) is 31.1. The number of hydrogen-bond donors (Lipinski definition) is 1. The summed E-state index contributed by atoms with van der Waals surface area (Å²) < 4.78 is 0. The van der Waals surface area contributed by atoms with E-state index in [1.165, 1.54) is 19.3 Å². The van der Waals surface area contributed by atoms with E-state index in [1.54, 1.807) is 0 Å². The van der Waals surface area contributed by atoms with Crippen LogP contribution in [0.25, 0.3) is 0 Å². The number of carbonyl (C=O) groups is 2. The SMILES string of the molecule is CN(C(=O)CN1CCN(C(=O)Cc2ccc(N)cc2)CC1)C1CCCCC1. The molecule has 148 valence electrons. The van der Waals surface area contributed by atoms with Crippen LogP contribution in [0.5, 0.6) is 0 Å². The van der Waals surface area contributed by atoms with Gasteiger partial charge in [0.15, 0.2) is 0 Å². The van der Waals surface area contributed by atoms with Gasteiger partial charge < -0.3 is 15.5 Å². The summed E-state index contributed by atoms with van der Waals surface area (Å²) in [6.45, 7) is 3.37. The van der Waals surface area contributed by atoms with E-state index < -0.39 is 0 Å². The van der Waals surface area contributed by atoms with Crippen LogP contribution in [0.2, 0.25) is 0 Å². The molecule has 1 saturated heterocycles. The fourth-order valence-electron chi connectivity index (χ4n) is 4.05. The number of amides is 2. The van der Waals surface area contributed by atoms with Gasteiger partial charge in [-0.25, -0.2) is 0 Å². The van der Waals surface area contributed by atoms with Gasteiger partial charge in [-0.05, 0) is 30.5 Å². The van der Waals surface area contributed by atoms with E-state index in [0.29, 0.717) is 37.8 Å². The molecule has 1 aliphatic carbocycles. The first kappa shape index (κ1) is 19.7. The Morgan fingerprint density at radius 3 is 2.30 bits per heavy atom. The second-order valence-electron chi connectivity index (χ2n) is 7.87. The predicted molar refractivity (Wildman–Crippen MR) is 107 cm³/mol. The lowest BCUT2D eigenvalue weighted by atomic mass is 9.94. The Balaban J connectivity index is 1.42. The van der Waals surface area contributed by atoms with Crippen LogP contribution in [0.3, 0.4) is 0 Å². The number of likely N-dealkylation sites (N-methyl/N-ethyl adjacent to an activating group) is 1. The fraction of sp³-hybridized carbons (Fsp3) is 0.619. The van der Waals surface area contributed by atoms with E-state index in [0.717, 1.165) is 31.5 Å². The lowest BCUT2D eigenvalue weighted by molar-refractivity contribution is -0.135. The zero-order valence-corrected chi connectivity index (χ0v) is 16.4. The highest BCUT2D eigenvalue weighted by Crippen LogP contribution is 2.21. The molecule has 0 bridgehead atoms. The second-order valence-corrected chi connectivity index (χ2v) is 7.87. The maximum atomic E-state index is 12.6. The third-order valence-corrected chi connectivity index (χ3v) is 5.93. The highest BCUT2D eigenvalue weighted by Gasteiger charge is 2.26. The van der Waals surface area contributed by atoms with E-state index in [-0.39, 0.29) is 11.8 Å². The minimum absolute atomic E-state index is 0.144. The lowest BCUT2D eigenvalue weighted by Crippen LogP contribution is -2.52. The normalized spacial score (nSPS) is 19.1. The molecular formula is C21H32N4O2. The minimum Gasteiger partial charge on any atom is -0.399 e. The van der Waals surface area contributed by atoms with Crippen molar-refractivity contribution in [1.29, 1.82) is 0 Å². The maximum Gasteiger partial charge on any atom is 0.236 e. The van der Waals surface area contributed by atoms with Crippen LogP contribution in [0.1, 0.15) is 37.7 Å². The third-order valence-electron chi connectivity index (χ3n) is 5.93. The zero-order valence-electron chi connectivity index (χ0n) is 16.4. The molecule has 2 fully saturated rings. The summed E-state index contributed by atoms with van der Waals surface area (Å²) in [5, 5.41) is 0. The van der Waals surface area contributed by atoms with Crippen molar-refractivity contribution in [3.63, 3.8) is 0 Å². The molecule has 0 atom stereocenters. The number of benzene rings is 1. The number of piperazine rings is 1. The van der Waals surface area contributed by atoms with E-state index in [1.807, 2.05) is 41.1 Å². The Morgan fingerprint density at radius 2 is 1.67 bits per heavy atom.